The minimum Gasteiger partial charge on any atom is -0.304 e. The predicted molar refractivity (Wildman–Crippen MR) is 162 cm³/mol. The number of likely N-dealkylation sites (tertiary alicyclic amines) is 1. The van der Waals surface area contributed by atoms with Crippen molar-refractivity contribution in [3.8, 4) is 0 Å². The van der Waals surface area contributed by atoms with Crippen LogP contribution >= 0.6 is 0 Å². The molecule has 2 aromatic rings. The molecule has 9 nitrogen and oxygen atoms in total. The third-order valence-corrected chi connectivity index (χ3v) is 9.50. The molecule has 3 aliphatic heterocycles. The van der Waals surface area contributed by atoms with Gasteiger partial charge in [0.2, 0.25) is 11.8 Å². The van der Waals surface area contributed by atoms with Gasteiger partial charge in [0.25, 0.3) is 5.56 Å². The van der Waals surface area contributed by atoms with Gasteiger partial charge in [-0.2, -0.15) is 0 Å². The predicted octanol–water partition coefficient (Wildman–Crippen LogP) is 3.28. The molecule has 1 atom stereocenters. The molecule has 3 saturated heterocycles. The molecule has 1 unspecified atom stereocenters. The molecule has 0 spiro atoms. The fourth-order valence-electron chi connectivity index (χ4n) is 6.98. The molecule has 9 heteroatoms. The van der Waals surface area contributed by atoms with Gasteiger partial charge >= 0.3 is 0 Å². The van der Waals surface area contributed by atoms with Gasteiger partial charge in [0, 0.05) is 38.6 Å². The van der Waals surface area contributed by atoms with Crippen LogP contribution < -0.4 is 10.9 Å². The lowest BCUT2D eigenvalue weighted by atomic mass is 10.0. The number of aryl methyl sites for hydroxylation is 2. The van der Waals surface area contributed by atoms with E-state index in [2.05, 4.69) is 32.0 Å². The van der Waals surface area contributed by atoms with Crippen molar-refractivity contribution in [3.05, 3.63) is 39.9 Å². The Morgan fingerprint density at radius 2 is 1.59 bits per heavy atom. The highest BCUT2D eigenvalue weighted by molar-refractivity contribution is 5.99. The van der Waals surface area contributed by atoms with E-state index in [4.69, 9.17) is 0 Å². The molecule has 1 N–H and O–H groups in total. The van der Waals surface area contributed by atoms with Crippen molar-refractivity contribution < 1.29 is 9.59 Å². The first-order valence-corrected chi connectivity index (χ1v) is 15.9. The Bertz CT molecular complexity index is 1260. The number of piperazine rings is 1. The number of amides is 2. The van der Waals surface area contributed by atoms with Crippen LogP contribution in [0.1, 0.15) is 81.6 Å². The minimum absolute atomic E-state index is 0.176. The summed E-state index contributed by atoms with van der Waals surface area (Å²) in [4.78, 5) is 50.2. The van der Waals surface area contributed by atoms with E-state index in [1.807, 2.05) is 18.2 Å². The minimum atomic E-state index is -0.687. The molecule has 0 aliphatic carbocycles. The van der Waals surface area contributed by atoms with Crippen LogP contribution in [-0.2, 0) is 16.0 Å². The van der Waals surface area contributed by atoms with Crippen molar-refractivity contribution in [2.24, 2.45) is 0 Å². The highest BCUT2D eigenvalue weighted by Crippen LogP contribution is 2.23. The maximum absolute atomic E-state index is 13.6. The van der Waals surface area contributed by atoms with Gasteiger partial charge in [0.05, 0.1) is 10.9 Å². The Morgan fingerprint density at radius 3 is 2.32 bits per heavy atom. The Labute approximate surface area is 244 Å². The van der Waals surface area contributed by atoms with E-state index < -0.39 is 11.9 Å². The smallest absolute Gasteiger partial charge is 0.262 e. The van der Waals surface area contributed by atoms with Gasteiger partial charge < -0.3 is 9.80 Å². The Morgan fingerprint density at radius 1 is 0.878 bits per heavy atom. The summed E-state index contributed by atoms with van der Waals surface area (Å²) in [5.41, 5.74) is 1.51. The number of nitrogens with one attached hydrogen (secondary N) is 1. The standard InChI is InChI=1S/C32H48N6O3/c1-24-33-27-12-9-11-25(30(27)32(41)38(24)28-13-14-29(39)34-31(28)40)10-7-5-3-4-6-8-17-36-18-15-26(16-19-36)37-22-20-35(2)21-23-37/h9,11-12,26,28H,3-8,10,13-23H2,1-2H3,(H,34,39,40). The van der Waals surface area contributed by atoms with Gasteiger partial charge in [-0.25, -0.2) is 4.98 Å². The van der Waals surface area contributed by atoms with Gasteiger partial charge in [-0.15, -0.1) is 0 Å². The molecule has 3 aliphatic rings. The number of hydrogen-bond donors (Lipinski definition) is 1. The van der Waals surface area contributed by atoms with E-state index in [1.54, 1.807) is 6.92 Å². The number of hydrogen-bond acceptors (Lipinski definition) is 7. The molecule has 1 aromatic carbocycles. The maximum atomic E-state index is 13.6. The van der Waals surface area contributed by atoms with Gasteiger partial charge in [0.1, 0.15) is 11.9 Å². The van der Waals surface area contributed by atoms with Crippen LogP contribution in [-0.4, -0.2) is 95.0 Å². The van der Waals surface area contributed by atoms with Crippen molar-refractivity contribution in [1.82, 2.24) is 29.6 Å². The van der Waals surface area contributed by atoms with Crippen LogP contribution in [0.15, 0.2) is 23.0 Å². The average molecular weight is 565 g/mol. The van der Waals surface area contributed by atoms with E-state index in [0.717, 1.165) is 30.9 Å². The maximum Gasteiger partial charge on any atom is 0.262 e. The van der Waals surface area contributed by atoms with Gasteiger partial charge in [-0.3, -0.25) is 29.2 Å². The van der Waals surface area contributed by atoms with E-state index in [0.29, 0.717) is 23.1 Å². The number of aromatic nitrogens is 2. The number of carbonyl (C=O) groups excluding carboxylic acids is 2. The van der Waals surface area contributed by atoms with E-state index in [9.17, 15) is 14.4 Å². The zero-order valence-electron chi connectivity index (χ0n) is 25.1. The zero-order chi connectivity index (χ0) is 28.8. The van der Waals surface area contributed by atoms with Crippen LogP contribution in [0.5, 0.6) is 0 Å². The molecule has 1 aromatic heterocycles. The van der Waals surface area contributed by atoms with Crippen molar-refractivity contribution in [2.45, 2.75) is 89.6 Å². The molecule has 0 saturated carbocycles. The zero-order valence-corrected chi connectivity index (χ0v) is 25.1. The molecule has 224 valence electrons. The molecule has 0 radical (unpaired) electrons. The number of carbonyl (C=O) groups is 2. The van der Waals surface area contributed by atoms with E-state index in [-0.39, 0.29) is 17.9 Å². The summed E-state index contributed by atoms with van der Waals surface area (Å²) < 4.78 is 1.49. The lowest BCUT2D eigenvalue weighted by molar-refractivity contribution is -0.135. The highest BCUT2D eigenvalue weighted by Gasteiger charge is 2.31. The normalized spacial score (nSPS) is 22.0. The summed E-state index contributed by atoms with van der Waals surface area (Å²) in [7, 11) is 2.23. The molecule has 3 fully saturated rings. The second-order valence-electron chi connectivity index (χ2n) is 12.4. The summed E-state index contributed by atoms with van der Waals surface area (Å²) in [5, 5.41) is 2.98. The van der Waals surface area contributed by atoms with Crippen LogP contribution in [0.4, 0.5) is 0 Å². The van der Waals surface area contributed by atoms with Crippen LogP contribution in [0.3, 0.4) is 0 Å². The lowest BCUT2D eigenvalue weighted by Gasteiger charge is -2.42. The van der Waals surface area contributed by atoms with Gasteiger partial charge in [-0.05, 0) is 83.8 Å². The van der Waals surface area contributed by atoms with Crippen molar-refractivity contribution in [2.75, 3.05) is 52.9 Å². The number of fused-ring (bicyclic) bond motifs is 1. The highest BCUT2D eigenvalue weighted by atomic mass is 16.2. The lowest BCUT2D eigenvalue weighted by Crippen LogP contribution is -2.52. The SMILES string of the molecule is Cc1nc2cccc(CCCCCCCCN3CCC(N4CCN(C)CC4)CC3)c2c(=O)n1C1CCC(=O)NC1=O. The largest absolute Gasteiger partial charge is 0.304 e. The third kappa shape index (κ3) is 7.43. The Balaban J connectivity index is 1.03. The molecule has 0 bridgehead atoms. The first kappa shape index (κ1) is 29.9. The van der Waals surface area contributed by atoms with Crippen LogP contribution in [0.25, 0.3) is 10.9 Å². The van der Waals surface area contributed by atoms with E-state index in [1.165, 1.54) is 88.9 Å². The topological polar surface area (TPSA) is 90.8 Å². The number of imide groups is 1. The third-order valence-electron chi connectivity index (χ3n) is 9.50. The van der Waals surface area contributed by atoms with Gasteiger partial charge in [-0.1, -0.05) is 37.8 Å². The summed E-state index contributed by atoms with van der Waals surface area (Å²) in [6.07, 6.45) is 11.3. The molecule has 4 heterocycles. The number of unbranched alkanes of at least 4 members (excludes halogenated alkanes) is 5. The monoisotopic (exact) mass is 564 g/mol. The summed E-state index contributed by atoms with van der Waals surface area (Å²) >= 11 is 0. The Kier molecular flexibility index (Phi) is 10.2. The van der Waals surface area contributed by atoms with E-state index >= 15 is 0 Å². The van der Waals surface area contributed by atoms with Crippen molar-refractivity contribution in [1.29, 1.82) is 0 Å². The molecule has 41 heavy (non-hydrogen) atoms. The molecule has 2 amide bonds. The first-order valence-electron chi connectivity index (χ1n) is 15.9. The fraction of sp³-hybridized carbons (Fsp3) is 0.688. The second-order valence-corrected chi connectivity index (χ2v) is 12.4. The molecular formula is C32H48N6O3. The second kappa shape index (κ2) is 14.0. The summed E-state index contributed by atoms with van der Waals surface area (Å²) in [6, 6.07) is 5.96. The fourth-order valence-corrected chi connectivity index (χ4v) is 6.98. The molecular weight excluding hydrogens is 516 g/mol. The summed E-state index contributed by atoms with van der Waals surface area (Å²) in [5.74, 6) is -0.193. The van der Waals surface area contributed by atoms with Gasteiger partial charge in [0.15, 0.2) is 0 Å². The number of nitrogens with zero attached hydrogens (tertiary/aromatic N) is 5. The van der Waals surface area contributed by atoms with Crippen molar-refractivity contribution >= 4 is 22.7 Å². The quantitative estimate of drug-likeness (QED) is 0.331. The van der Waals surface area contributed by atoms with Crippen LogP contribution in [0.2, 0.25) is 0 Å². The first-order chi connectivity index (χ1) is 19.9. The Hall–Kier alpha value is -2.62. The molecule has 5 rings (SSSR count). The number of likely N-dealkylation sites (N-methyl/N-ethyl adjacent to an activating group) is 1. The number of piperidine rings is 2. The number of benzene rings is 1. The van der Waals surface area contributed by atoms with Crippen LogP contribution in [0, 0.1) is 6.92 Å². The van der Waals surface area contributed by atoms with Crippen molar-refractivity contribution in [3.63, 3.8) is 0 Å². The summed E-state index contributed by atoms with van der Waals surface area (Å²) in [6.45, 7) is 10.4. The number of rotatable bonds is 11. The average Bonchev–Trinajstić information content (AvgIpc) is 2.96.